The molecule has 1 heterocycles. The van der Waals surface area contributed by atoms with E-state index in [-0.39, 0.29) is 0 Å². The van der Waals surface area contributed by atoms with E-state index in [0.29, 0.717) is 18.0 Å². The van der Waals surface area contributed by atoms with Crippen molar-refractivity contribution in [1.82, 2.24) is 0 Å². The Morgan fingerprint density at radius 2 is 2.00 bits per heavy atom. The molecule has 4 heteroatoms. The second kappa shape index (κ2) is 3.68. The highest BCUT2D eigenvalue weighted by Gasteiger charge is 2.32. The summed E-state index contributed by atoms with van der Waals surface area (Å²) in [4.78, 5) is 0. The maximum absolute atomic E-state index is 12.6. The third kappa shape index (κ3) is 2.01. The fraction of sp³-hybridized carbons (Fsp3) is 0.500. The maximum Gasteiger partial charge on any atom is 0.416 e. The summed E-state index contributed by atoms with van der Waals surface area (Å²) in [6, 6.07) is 2.81. The lowest BCUT2D eigenvalue weighted by Gasteiger charge is -2.26. The zero-order chi connectivity index (χ0) is 11.9. The molecule has 1 aromatic carbocycles. The van der Waals surface area contributed by atoms with Crippen molar-refractivity contribution in [3.05, 3.63) is 28.8 Å². The van der Waals surface area contributed by atoms with Gasteiger partial charge in [-0.15, -0.1) is 0 Å². The van der Waals surface area contributed by atoms with Gasteiger partial charge in [0.15, 0.2) is 0 Å². The zero-order valence-corrected chi connectivity index (χ0v) is 9.28. The average molecular weight is 229 g/mol. The summed E-state index contributed by atoms with van der Waals surface area (Å²) < 4.78 is 37.8. The molecule has 0 saturated heterocycles. The summed E-state index contributed by atoms with van der Waals surface area (Å²) in [7, 11) is 0. The third-order valence-electron chi connectivity index (χ3n) is 2.98. The minimum absolute atomic E-state index is 0.336. The van der Waals surface area contributed by atoms with Crippen LogP contribution in [0.5, 0.6) is 0 Å². The van der Waals surface area contributed by atoms with Gasteiger partial charge in [0.25, 0.3) is 0 Å². The smallest absolute Gasteiger partial charge is 0.382 e. The Labute approximate surface area is 92.7 Å². The van der Waals surface area contributed by atoms with Gasteiger partial charge in [0.05, 0.1) is 5.56 Å². The fourth-order valence-electron chi connectivity index (χ4n) is 2.12. The van der Waals surface area contributed by atoms with Gasteiger partial charge in [0.1, 0.15) is 0 Å². The van der Waals surface area contributed by atoms with Gasteiger partial charge in [0, 0.05) is 11.7 Å². The van der Waals surface area contributed by atoms with Crippen molar-refractivity contribution in [2.24, 2.45) is 0 Å². The monoisotopic (exact) mass is 229 g/mol. The molecule has 0 saturated carbocycles. The molecule has 1 aliphatic rings. The molecule has 1 atom stereocenters. The van der Waals surface area contributed by atoms with Crippen LogP contribution in [0.15, 0.2) is 12.1 Å². The topological polar surface area (TPSA) is 12.0 Å². The fourth-order valence-corrected chi connectivity index (χ4v) is 2.12. The van der Waals surface area contributed by atoms with Crippen molar-refractivity contribution in [2.45, 2.75) is 38.9 Å². The van der Waals surface area contributed by atoms with Crippen LogP contribution in [0.1, 0.15) is 30.0 Å². The van der Waals surface area contributed by atoms with Gasteiger partial charge in [-0.1, -0.05) is 0 Å². The van der Waals surface area contributed by atoms with Crippen LogP contribution in [0.25, 0.3) is 0 Å². The summed E-state index contributed by atoms with van der Waals surface area (Å²) in [5, 5.41) is 3.24. The molecule has 1 aromatic rings. The molecule has 0 spiro atoms. The Balaban J connectivity index is 2.47. The largest absolute Gasteiger partial charge is 0.416 e. The second-order valence-electron chi connectivity index (χ2n) is 4.41. The summed E-state index contributed by atoms with van der Waals surface area (Å²) in [6.45, 7) is 3.76. The van der Waals surface area contributed by atoms with Crippen molar-refractivity contribution in [2.75, 3.05) is 5.32 Å². The maximum atomic E-state index is 12.6. The van der Waals surface area contributed by atoms with Crippen LogP contribution >= 0.6 is 0 Å². The molecule has 0 fully saturated rings. The first-order valence-corrected chi connectivity index (χ1v) is 5.35. The number of halogens is 3. The SMILES string of the molecule is Cc1cc(C(F)(F)F)cc2c1NC(C)CC2. The summed E-state index contributed by atoms with van der Waals surface area (Å²) in [5.74, 6) is 0. The predicted molar refractivity (Wildman–Crippen MR) is 57.6 cm³/mol. The molecule has 1 N–H and O–H groups in total. The molecule has 0 aromatic heterocycles. The minimum atomic E-state index is -4.25. The van der Waals surface area contributed by atoms with Gasteiger partial charge < -0.3 is 5.32 Å². The van der Waals surface area contributed by atoms with Crippen molar-refractivity contribution in [1.29, 1.82) is 0 Å². The van der Waals surface area contributed by atoms with E-state index in [1.807, 2.05) is 6.92 Å². The highest BCUT2D eigenvalue weighted by Crippen LogP contribution is 2.36. The minimum Gasteiger partial charge on any atom is -0.382 e. The first-order valence-electron chi connectivity index (χ1n) is 5.35. The van der Waals surface area contributed by atoms with E-state index in [0.717, 1.165) is 17.7 Å². The Bertz CT molecular complexity index is 409. The average Bonchev–Trinajstić information content (AvgIpc) is 2.17. The van der Waals surface area contributed by atoms with Crippen LogP contribution in [0.4, 0.5) is 18.9 Å². The van der Waals surface area contributed by atoms with Crippen LogP contribution in [-0.2, 0) is 12.6 Å². The van der Waals surface area contributed by atoms with Crippen LogP contribution in [0.3, 0.4) is 0 Å². The number of nitrogens with one attached hydrogen (secondary N) is 1. The lowest BCUT2D eigenvalue weighted by atomic mass is 9.94. The molecule has 1 aliphatic heterocycles. The highest BCUT2D eigenvalue weighted by molar-refractivity contribution is 5.61. The highest BCUT2D eigenvalue weighted by atomic mass is 19.4. The van der Waals surface area contributed by atoms with E-state index in [9.17, 15) is 13.2 Å². The van der Waals surface area contributed by atoms with Gasteiger partial charge >= 0.3 is 6.18 Å². The first kappa shape index (κ1) is 11.3. The van der Waals surface area contributed by atoms with E-state index >= 15 is 0 Å². The number of aryl methyl sites for hydroxylation is 2. The van der Waals surface area contributed by atoms with Gasteiger partial charge in [-0.2, -0.15) is 13.2 Å². The predicted octanol–water partition coefficient (Wildman–Crippen LogP) is 3.76. The Morgan fingerprint density at radius 3 is 2.62 bits per heavy atom. The Hall–Kier alpha value is -1.19. The second-order valence-corrected chi connectivity index (χ2v) is 4.41. The van der Waals surface area contributed by atoms with Crippen molar-refractivity contribution in [3.63, 3.8) is 0 Å². The van der Waals surface area contributed by atoms with Crippen LogP contribution in [0, 0.1) is 6.92 Å². The number of hydrogen-bond donors (Lipinski definition) is 1. The normalized spacial score (nSPS) is 20.2. The van der Waals surface area contributed by atoms with E-state index in [1.54, 1.807) is 6.92 Å². The number of anilines is 1. The van der Waals surface area contributed by atoms with Crippen molar-refractivity contribution in [3.8, 4) is 0 Å². The van der Waals surface area contributed by atoms with Gasteiger partial charge in [-0.3, -0.25) is 0 Å². The number of hydrogen-bond acceptors (Lipinski definition) is 1. The molecule has 1 unspecified atom stereocenters. The van der Waals surface area contributed by atoms with Crippen LogP contribution in [0.2, 0.25) is 0 Å². The molecule has 0 bridgehead atoms. The number of rotatable bonds is 0. The summed E-state index contributed by atoms with van der Waals surface area (Å²) in [5.41, 5.74) is 1.80. The van der Waals surface area contributed by atoms with Gasteiger partial charge in [-0.05, 0) is 49.9 Å². The van der Waals surface area contributed by atoms with Crippen LogP contribution in [-0.4, -0.2) is 6.04 Å². The number of fused-ring (bicyclic) bond motifs is 1. The quantitative estimate of drug-likeness (QED) is 0.714. The van der Waals surface area contributed by atoms with Gasteiger partial charge in [-0.25, -0.2) is 0 Å². The molecule has 88 valence electrons. The standard InChI is InChI=1S/C12H14F3N/c1-7-5-10(12(13,14)15)6-9-4-3-8(2)16-11(7)9/h5-6,8,16H,3-4H2,1-2H3. The summed E-state index contributed by atoms with van der Waals surface area (Å²) in [6.07, 6.45) is -2.65. The molecule has 16 heavy (non-hydrogen) atoms. The molecule has 0 amide bonds. The lowest BCUT2D eigenvalue weighted by Crippen LogP contribution is -2.23. The molecule has 0 aliphatic carbocycles. The zero-order valence-electron chi connectivity index (χ0n) is 9.28. The number of alkyl halides is 3. The van der Waals surface area contributed by atoms with E-state index < -0.39 is 11.7 Å². The Morgan fingerprint density at radius 1 is 1.31 bits per heavy atom. The number of benzene rings is 1. The third-order valence-corrected chi connectivity index (χ3v) is 2.98. The van der Waals surface area contributed by atoms with E-state index in [2.05, 4.69) is 5.32 Å². The molecular weight excluding hydrogens is 215 g/mol. The van der Waals surface area contributed by atoms with Crippen LogP contribution < -0.4 is 5.32 Å². The molecule has 0 radical (unpaired) electrons. The van der Waals surface area contributed by atoms with Crippen molar-refractivity contribution >= 4 is 5.69 Å². The van der Waals surface area contributed by atoms with E-state index in [1.165, 1.54) is 12.1 Å². The lowest BCUT2D eigenvalue weighted by molar-refractivity contribution is -0.137. The molecule has 2 rings (SSSR count). The molecular formula is C12H14F3N. The van der Waals surface area contributed by atoms with Gasteiger partial charge in [0.2, 0.25) is 0 Å². The first-order chi connectivity index (χ1) is 7.38. The summed E-state index contributed by atoms with van der Waals surface area (Å²) >= 11 is 0. The molecule has 1 nitrogen and oxygen atoms in total. The Kier molecular flexibility index (Phi) is 2.60. The van der Waals surface area contributed by atoms with Crippen molar-refractivity contribution < 1.29 is 13.2 Å². The van der Waals surface area contributed by atoms with E-state index in [4.69, 9.17) is 0 Å².